The summed E-state index contributed by atoms with van der Waals surface area (Å²) >= 11 is 0. The van der Waals surface area contributed by atoms with Gasteiger partial charge in [0.2, 0.25) is 0 Å². The van der Waals surface area contributed by atoms with E-state index in [4.69, 9.17) is 5.73 Å². The van der Waals surface area contributed by atoms with E-state index in [1.54, 1.807) is 0 Å². The van der Waals surface area contributed by atoms with Gasteiger partial charge in [-0.05, 0) is 31.5 Å². The van der Waals surface area contributed by atoms with E-state index in [2.05, 4.69) is 5.32 Å². The highest BCUT2D eigenvalue weighted by molar-refractivity contribution is 5.21. The molecule has 1 atom stereocenters. The molecule has 0 saturated carbocycles. The number of aliphatic hydroxyl groups excluding tert-OH is 1. The Morgan fingerprint density at radius 2 is 1.80 bits per heavy atom. The predicted molar refractivity (Wildman–Crippen MR) is 60.4 cm³/mol. The normalized spacial score (nSPS) is 22.3. The number of benzene rings is 1. The van der Waals surface area contributed by atoms with Crippen LogP contribution >= 0.6 is 0 Å². The molecule has 2 rings (SSSR count). The lowest BCUT2D eigenvalue weighted by molar-refractivity contribution is 0.0630. The first-order chi connectivity index (χ1) is 7.22. The summed E-state index contributed by atoms with van der Waals surface area (Å²) in [5.74, 6) is 0. The van der Waals surface area contributed by atoms with Crippen LogP contribution in [0.5, 0.6) is 0 Å². The quantitative estimate of drug-likeness (QED) is 0.671. The third-order valence-electron chi connectivity index (χ3n) is 3.19. The Morgan fingerprint density at radius 1 is 1.20 bits per heavy atom. The minimum absolute atomic E-state index is 0.466. The van der Waals surface area contributed by atoms with Crippen LogP contribution in [-0.2, 0) is 0 Å². The molecule has 0 radical (unpaired) electrons. The second-order valence-corrected chi connectivity index (χ2v) is 4.30. The van der Waals surface area contributed by atoms with Gasteiger partial charge in [0.1, 0.15) is 0 Å². The van der Waals surface area contributed by atoms with Crippen LogP contribution in [-0.4, -0.2) is 23.7 Å². The molecule has 3 heteroatoms. The van der Waals surface area contributed by atoms with Crippen molar-refractivity contribution < 1.29 is 5.11 Å². The maximum absolute atomic E-state index is 10.3. The van der Waals surface area contributed by atoms with E-state index in [-0.39, 0.29) is 0 Å². The summed E-state index contributed by atoms with van der Waals surface area (Å²) in [5, 5.41) is 13.5. The van der Waals surface area contributed by atoms with Crippen LogP contribution in [0.2, 0.25) is 0 Å². The summed E-state index contributed by atoms with van der Waals surface area (Å²) in [6.45, 7) is 1.78. The highest BCUT2D eigenvalue weighted by Gasteiger charge is 2.35. The lowest BCUT2D eigenvalue weighted by Gasteiger charge is -2.38. The maximum Gasteiger partial charge on any atom is 0.0970 e. The second-order valence-electron chi connectivity index (χ2n) is 4.30. The van der Waals surface area contributed by atoms with Gasteiger partial charge in [-0.2, -0.15) is 0 Å². The summed E-state index contributed by atoms with van der Waals surface area (Å²) in [7, 11) is 0. The summed E-state index contributed by atoms with van der Waals surface area (Å²) in [6, 6.07) is 9.68. The number of nitrogens with two attached hydrogens (primary N) is 1. The fourth-order valence-electron chi connectivity index (χ4n) is 2.13. The molecular formula is C12H18N2O. The van der Waals surface area contributed by atoms with Gasteiger partial charge in [-0.1, -0.05) is 30.3 Å². The molecule has 1 aromatic carbocycles. The molecule has 0 aromatic heterocycles. The highest BCUT2D eigenvalue weighted by atomic mass is 16.3. The number of nitrogens with one attached hydrogen (secondary N) is 1. The molecule has 1 aliphatic heterocycles. The third-order valence-corrected chi connectivity index (χ3v) is 3.19. The zero-order valence-corrected chi connectivity index (χ0v) is 8.82. The monoisotopic (exact) mass is 206 g/mol. The zero-order chi connectivity index (χ0) is 10.7. The largest absolute Gasteiger partial charge is 0.386 e. The van der Waals surface area contributed by atoms with Crippen molar-refractivity contribution in [1.29, 1.82) is 0 Å². The lowest BCUT2D eigenvalue weighted by atomic mass is 9.81. The van der Waals surface area contributed by atoms with Crippen LogP contribution in [0.15, 0.2) is 30.3 Å². The van der Waals surface area contributed by atoms with Crippen LogP contribution in [0.1, 0.15) is 24.5 Å². The van der Waals surface area contributed by atoms with E-state index in [1.807, 2.05) is 30.3 Å². The van der Waals surface area contributed by atoms with Crippen molar-refractivity contribution in [3.8, 4) is 0 Å². The molecule has 15 heavy (non-hydrogen) atoms. The van der Waals surface area contributed by atoms with Gasteiger partial charge in [-0.15, -0.1) is 0 Å². The molecule has 4 N–H and O–H groups in total. The van der Waals surface area contributed by atoms with Crippen LogP contribution in [0, 0.1) is 0 Å². The van der Waals surface area contributed by atoms with E-state index in [0.717, 1.165) is 31.5 Å². The molecule has 0 spiro atoms. The van der Waals surface area contributed by atoms with Gasteiger partial charge in [-0.3, -0.25) is 0 Å². The number of hydrogen-bond donors (Lipinski definition) is 3. The fourth-order valence-corrected chi connectivity index (χ4v) is 2.13. The van der Waals surface area contributed by atoms with E-state index < -0.39 is 11.6 Å². The maximum atomic E-state index is 10.3. The molecule has 1 aromatic rings. The summed E-state index contributed by atoms with van der Waals surface area (Å²) in [5.41, 5.74) is 6.70. The zero-order valence-electron chi connectivity index (χ0n) is 8.82. The Morgan fingerprint density at radius 3 is 2.40 bits per heavy atom. The van der Waals surface area contributed by atoms with Crippen LogP contribution in [0.25, 0.3) is 0 Å². The Kier molecular flexibility index (Phi) is 3.05. The summed E-state index contributed by atoms with van der Waals surface area (Å²) in [4.78, 5) is 0. The molecule has 0 aliphatic carbocycles. The molecule has 3 nitrogen and oxygen atoms in total. The molecule has 0 bridgehead atoms. The van der Waals surface area contributed by atoms with Crippen molar-refractivity contribution in [2.75, 3.05) is 13.1 Å². The van der Waals surface area contributed by atoms with Crippen molar-refractivity contribution in [1.82, 2.24) is 5.32 Å². The van der Waals surface area contributed by atoms with Crippen LogP contribution in [0.3, 0.4) is 0 Å². The average molecular weight is 206 g/mol. The van der Waals surface area contributed by atoms with Gasteiger partial charge in [0, 0.05) is 5.54 Å². The summed E-state index contributed by atoms with van der Waals surface area (Å²) in [6.07, 6.45) is 1.09. The van der Waals surface area contributed by atoms with Crippen molar-refractivity contribution >= 4 is 0 Å². The van der Waals surface area contributed by atoms with Gasteiger partial charge < -0.3 is 16.2 Å². The first-order valence-corrected chi connectivity index (χ1v) is 5.45. The first kappa shape index (κ1) is 10.6. The molecule has 1 unspecified atom stereocenters. The molecule has 0 amide bonds. The molecule has 1 aliphatic rings. The molecule has 1 fully saturated rings. The van der Waals surface area contributed by atoms with E-state index in [0.29, 0.717) is 0 Å². The van der Waals surface area contributed by atoms with Gasteiger partial charge >= 0.3 is 0 Å². The van der Waals surface area contributed by atoms with Crippen molar-refractivity contribution in [2.24, 2.45) is 5.73 Å². The Labute approximate surface area is 90.3 Å². The number of piperidine rings is 1. The van der Waals surface area contributed by atoms with Crippen molar-refractivity contribution in [3.05, 3.63) is 35.9 Å². The number of hydrogen-bond acceptors (Lipinski definition) is 3. The van der Waals surface area contributed by atoms with Crippen LogP contribution < -0.4 is 11.1 Å². The first-order valence-electron chi connectivity index (χ1n) is 5.45. The molecule has 1 heterocycles. The standard InChI is InChI=1S/C12H18N2O/c13-12(6-8-14-9-7-12)11(15)10-4-2-1-3-5-10/h1-5,11,14-15H,6-9,13H2. The SMILES string of the molecule is NC1(C(O)c2ccccc2)CCNCC1. The van der Waals surface area contributed by atoms with Gasteiger partial charge in [0.25, 0.3) is 0 Å². The topological polar surface area (TPSA) is 58.3 Å². The minimum Gasteiger partial charge on any atom is -0.386 e. The van der Waals surface area contributed by atoms with E-state index in [1.165, 1.54) is 0 Å². The van der Waals surface area contributed by atoms with E-state index >= 15 is 0 Å². The Bertz CT molecular complexity index is 307. The molecule has 82 valence electrons. The summed E-state index contributed by atoms with van der Waals surface area (Å²) < 4.78 is 0. The van der Waals surface area contributed by atoms with Gasteiger partial charge in [0.05, 0.1) is 6.10 Å². The van der Waals surface area contributed by atoms with Crippen LogP contribution in [0.4, 0.5) is 0 Å². The van der Waals surface area contributed by atoms with Crippen molar-refractivity contribution in [2.45, 2.75) is 24.5 Å². The third kappa shape index (κ3) is 2.20. The van der Waals surface area contributed by atoms with Gasteiger partial charge in [-0.25, -0.2) is 0 Å². The van der Waals surface area contributed by atoms with Crippen molar-refractivity contribution in [3.63, 3.8) is 0 Å². The molecular weight excluding hydrogens is 188 g/mol. The highest BCUT2D eigenvalue weighted by Crippen LogP contribution is 2.30. The Balaban J connectivity index is 2.16. The smallest absolute Gasteiger partial charge is 0.0970 e. The fraction of sp³-hybridized carbons (Fsp3) is 0.500. The molecule has 1 saturated heterocycles. The Hall–Kier alpha value is -0.900. The predicted octanol–water partition coefficient (Wildman–Crippen LogP) is 0.801. The number of rotatable bonds is 2. The van der Waals surface area contributed by atoms with Gasteiger partial charge in [0.15, 0.2) is 0 Å². The minimum atomic E-state index is -0.555. The lowest BCUT2D eigenvalue weighted by Crippen LogP contribution is -2.53. The number of aliphatic hydroxyl groups is 1. The second kappa shape index (κ2) is 4.31. The average Bonchev–Trinajstić information content (AvgIpc) is 2.30. The van der Waals surface area contributed by atoms with E-state index in [9.17, 15) is 5.11 Å².